The van der Waals surface area contributed by atoms with Gasteiger partial charge < -0.3 is 15.3 Å². The van der Waals surface area contributed by atoms with Gasteiger partial charge in [0.05, 0.1) is 0 Å². The molecule has 0 bridgehead atoms. The summed E-state index contributed by atoms with van der Waals surface area (Å²) in [6.45, 7) is 0.273. The van der Waals surface area contributed by atoms with Crippen molar-refractivity contribution >= 4 is 18.5 Å². The van der Waals surface area contributed by atoms with Gasteiger partial charge in [0.25, 0.3) is 0 Å². The second-order valence-corrected chi connectivity index (χ2v) is 1.04. The van der Waals surface area contributed by atoms with Gasteiger partial charge in [-0.2, -0.15) is 0 Å². The van der Waals surface area contributed by atoms with E-state index in [-0.39, 0.29) is 25.6 Å². The van der Waals surface area contributed by atoms with Crippen molar-refractivity contribution in [2.75, 3.05) is 13.2 Å². The largest absolute Gasteiger partial charge is 0.447 e. The third-order valence-electron chi connectivity index (χ3n) is 0.446. The van der Waals surface area contributed by atoms with E-state index in [1.807, 2.05) is 0 Å². The molecule has 0 aromatic heterocycles. The van der Waals surface area contributed by atoms with Gasteiger partial charge in [0.1, 0.15) is 13.2 Å². The van der Waals surface area contributed by atoms with Crippen molar-refractivity contribution in [1.29, 1.82) is 0 Å². The molecule has 0 aliphatic heterocycles. The van der Waals surface area contributed by atoms with Crippen LogP contribution in [0.25, 0.3) is 0 Å². The number of halogens is 1. The molecule has 0 saturated heterocycles. The molecule has 5 nitrogen and oxygen atoms in total. The summed E-state index contributed by atoms with van der Waals surface area (Å²) in [6, 6.07) is 0. The lowest BCUT2D eigenvalue weighted by Crippen LogP contribution is -2.17. The number of amides is 1. The van der Waals surface area contributed by atoms with Crippen molar-refractivity contribution in [3.8, 4) is 0 Å². The maximum absolute atomic E-state index is 9.78. The van der Waals surface area contributed by atoms with Crippen molar-refractivity contribution in [1.82, 2.24) is 0 Å². The summed E-state index contributed by atoms with van der Waals surface area (Å²) in [7, 11) is 0. The quantitative estimate of drug-likeness (QED) is 0.422. The van der Waals surface area contributed by atoms with Crippen LogP contribution in [0.5, 0.6) is 0 Å². The normalized spacial score (nSPS) is 7.67. The number of primary amides is 1. The summed E-state index contributed by atoms with van der Waals surface area (Å²) in [5.74, 6) is 4.58. The molecule has 0 aromatic carbocycles. The Morgan fingerprint density at radius 1 is 1.44 bits per heavy atom. The SMILES string of the molecule is Cl.NOCCOC(N)=O. The molecule has 6 heteroatoms. The summed E-state index contributed by atoms with van der Waals surface area (Å²) >= 11 is 0. The molecular formula is C3H9ClN2O3. The first-order valence-electron chi connectivity index (χ1n) is 2.01. The van der Waals surface area contributed by atoms with Crippen molar-refractivity contribution in [2.45, 2.75) is 0 Å². The fourth-order valence-corrected chi connectivity index (χ4v) is 0.190. The maximum Gasteiger partial charge on any atom is 0.404 e. The summed E-state index contributed by atoms with van der Waals surface area (Å²) in [6.07, 6.45) is -0.818. The Hall–Kier alpha value is -0.520. The van der Waals surface area contributed by atoms with Gasteiger partial charge in [-0.05, 0) is 0 Å². The molecule has 0 radical (unpaired) electrons. The molecular weight excluding hydrogens is 147 g/mol. The molecule has 0 heterocycles. The van der Waals surface area contributed by atoms with Crippen LogP contribution in [0.4, 0.5) is 4.79 Å². The first-order chi connectivity index (χ1) is 3.77. The highest BCUT2D eigenvalue weighted by molar-refractivity contribution is 5.85. The third-order valence-corrected chi connectivity index (χ3v) is 0.446. The minimum absolute atomic E-state index is 0. The van der Waals surface area contributed by atoms with Gasteiger partial charge in [0.2, 0.25) is 0 Å². The van der Waals surface area contributed by atoms with Crippen LogP contribution < -0.4 is 11.6 Å². The molecule has 0 spiro atoms. The smallest absolute Gasteiger partial charge is 0.404 e. The highest BCUT2D eigenvalue weighted by Crippen LogP contribution is 1.71. The summed E-state index contributed by atoms with van der Waals surface area (Å²) in [5, 5.41) is 0. The molecule has 0 rings (SSSR count). The van der Waals surface area contributed by atoms with E-state index < -0.39 is 6.09 Å². The Morgan fingerprint density at radius 3 is 2.33 bits per heavy atom. The molecule has 0 saturated carbocycles. The summed E-state index contributed by atoms with van der Waals surface area (Å²) in [4.78, 5) is 13.8. The van der Waals surface area contributed by atoms with Crippen LogP contribution in [0.2, 0.25) is 0 Å². The third kappa shape index (κ3) is 11.2. The van der Waals surface area contributed by atoms with Gasteiger partial charge in [0.15, 0.2) is 0 Å². The van der Waals surface area contributed by atoms with E-state index in [4.69, 9.17) is 0 Å². The molecule has 9 heavy (non-hydrogen) atoms. The Balaban J connectivity index is 0. The summed E-state index contributed by atoms with van der Waals surface area (Å²) in [5.41, 5.74) is 4.58. The van der Waals surface area contributed by atoms with Crippen molar-refractivity contribution in [3.05, 3.63) is 0 Å². The molecule has 56 valence electrons. The molecule has 0 aliphatic rings. The van der Waals surface area contributed by atoms with Gasteiger partial charge in [-0.25, -0.2) is 10.7 Å². The van der Waals surface area contributed by atoms with Crippen LogP contribution >= 0.6 is 12.4 Å². The molecule has 0 atom stereocenters. The zero-order chi connectivity index (χ0) is 6.41. The minimum atomic E-state index is -0.818. The summed E-state index contributed by atoms with van der Waals surface area (Å²) < 4.78 is 4.22. The number of carbonyl (C=O) groups is 1. The Morgan fingerprint density at radius 2 is 2.00 bits per heavy atom. The lowest BCUT2D eigenvalue weighted by molar-refractivity contribution is 0.0773. The van der Waals surface area contributed by atoms with Crippen LogP contribution in [0.3, 0.4) is 0 Å². The fraction of sp³-hybridized carbons (Fsp3) is 0.667. The first-order valence-corrected chi connectivity index (χ1v) is 2.01. The van der Waals surface area contributed by atoms with Crippen LogP contribution in [0, 0.1) is 0 Å². The number of rotatable bonds is 3. The molecule has 4 N–H and O–H groups in total. The first kappa shape index (κ1) is 11.3. The van der Waals surface area contributed by atoms with E-state index >= 15 is 0 Å². The van der Waals surface area contributed by atoms with Gasteiger partial charge in [-0.3, -0.25) is 0 Å². The van der Waals surface area contributed by atoms with Crippen LogP contribution in [-0.2, 0) is 9.57 Å². The fourth-order valence-electron chi connectivity index (χ4n) is 0.190. The Labute approximate surface area is 58.6 Å². The van der Waals surface area contributed by atoms with E-state index in [1.54, 1.807) is 0 Å². The zero-order valence-electron chi connectivity index (χ0n) is 4.70. The van der Waals surface area contributed by atoms with E-state index in [9.17, 15) is 4.79 Å². The predicted octanol–water partition coefficient (Wildman–Crippen LogP) is -0.606. The predicted molar refractivity (Wildman–Crippen MR) is 32.9 cm³/mol. The van der Waals surface area contributed by atoms with Crippen molar-refractivity contribution in [3.63, 3.8) is 0 Å². The Bertz CT molecular complexity index is 79.5. The highest BCUT2D eigenvalue weighted by Gasteiger charge is 1.89. The van der Waals surface area contributed by atoms with E-state index in [0.717, 1.165) is 0 Å². The number of nitrogens with two attached hydrogens (primary N) is 2. The second kappa shape index (κ2) is 7.48. The number of carbonyl (C=O) groups excluding carboxylic acids is 1. The molecule has 1 amide bonds. The van der Waals surface area contributed by atoms with Crippen molar-refractivity contribution < 1.29 is 14.4 Å². The maximum atomic E-state index is 9.78. The van der Waals surface area contributed by atoms with Gasteiger partial charge in [-0.15, -0.1) is 12.4 Å². The highest BCUT2D eigenvalue weighted by atomic mass is 35.5. The average molecular weight is 157 g/mol. The number of hydrogen-bond donors (Lipinski definition) is 2. The van der Waals surface area contributed by atoms with Crippen LogP contribution in [-0.4, -0.2) is 19.3 Å². The Kier molecular flexibility index (Phi) is 9.39. The van der Waals surface area contributed by atoms with Gasteiger partial charge >= 0.3 is 6.09 Å². The number of hydrogen-bond acceptors (Lipinski definition) is 4. The molecule has 0 aromatic rings. The topological polar surface area (TPSA) is 87.6 Å². The van der Waals surface area contributed by atoms with Crippen LogP contribution in [0.15, 0.2) is 0 Å². The van der Waals surface area contributed by atoms with Crippen LogP contribution in [0.1, 0.15) is 0 Å². The van der Waals surface area contributed by atoms with Gasteiger partial charge in [0, 0.05) is 0 Å². The van der Waals surface area contributed by atoms with Gasteiger partial charge in [-0.1, -0.05) is 0 Å². The molecule has 0 aliphatic carbocycles. The average Bonchev–Trinajstić information content (AvgIpc) is 1.66. The second-order valence-electron chi connectivity index (χ2n) is 1.04. The van der Waals surface area contributed by atoms with E-state index in [0.29, 0.717) is 0 Å². The minimum Gasteiger partial charge on any atom is -0.447 e. The lowest BCUT2D eigenvalue weighted by Gasteiger charge is -1.96. The molecule has 0 fully saturated rings. The van der Waals surface area contributed by atoms with E-state index in [1.165, 1.54) is 0 Å². The lowest BCUT2D eigenvalue weighted by atomic mass is 10.8. The monoisotopic (exact) mass is 156 g/mol. The number of ether oxygens (including phenoxy) is 1. The van der Waals surface area contributed by atoms with Crippen molar-refractivity contribution in [2.24, 2.45) is 11.6 Å². The standard InChI is InChI=1S/C3H8N2O3.ClH/c4-3(6)7-1-2-8-5;/h1-2,5H2,(H2,4,6);1H. The zero-order valence-corrected chi connectivity index (χ0v) is 5.52. The van der Waals surface area contributed by atoms with E-state index in [2.05, 4.69) is 21.2 Å². The molecule has 0 unspecified atom stereocenters.